The van der Waals surface area contributed by atoms with Gasteiger partial charge in [-0.15, -0.1) is 0 Å². The van der Waals surface area contributed by atoms with Crippen LogP contribution in [0.1, 0.15) is 41.6 Å². The topological polar surface area (TPSA) is 80.1 Å². The molecule has 2 aromatic rings. The first-order valence-electron chi connectivity index (χ1n) is 10.2. The van der Waals surface area contributed by atoms with Gasteiger partial charge in [0.1, 0.15) is 28.0 Å². The predicted octanol–water partition coefficient (Wildman–Crippen LogP) is 2.78. The van der Waals surface area contributed by atoms with Crippen molar-refractivity contribution in [2.45, 2.75) is 26.4 Å². The number of nitrogens with zero attached hydrogens (tertiary/aromatic N) is 2. The fourth-order valence-electron chi connectivity index (χ4n) is 3.30. The van der Waals surface area contributed by atoms with E-state index >= 15 is 0 Å². The number of benzene rings is 1. The van der Waals surface area contributed by atoms with Crippen molar-refractivity contribution in [1.29, 1.82) is 0 Å². The van der Waals surface area contributed by atoms with Crippen molar-refractivity contribution in [3.05, 3.63) is 53.5 Å². The number of rotatable bonds is 8. The molecule has 0 spiro atoms. The molecule has 0 saturated carbocycles. The Morgan fingerprint density at radius 1 is 1.07 bits per heavy atom. The van der Waals surface area contributed by atoms with E-state index in [2.05, 4.69) is 18.7 Å². The van der Waals surface area contributed by atoms with Gasteiger partial charge in [0.05, 0.1) is 5.75 Å². The summed E-state index contributed by atoms with van der Waals surface area (Å²) in [5.41, 5.74) is 1.25. The van der Waals surface area contributed by atoms with E-state index in [-0.39, 0.29) is 18.3 Å². The van der Waals surface area contributed by atoms with E-state index in [1.807, 2.05) is 24.3 Å². The second kappa shape index (κ2) is 9.66. The van der Waals surface area contributed by atoms with Crippen LogP contribution < -0.4 is 4.74 Å². The number of hydrogen-bond donors (Lipinski definition) is 0. The average Bonchev–Trinajstić information content (AvgIpc) is 3.19. The van der Waals surface area contributed by atoms with Gasteiger partial charge in [-0.25, -0.2) is 8.42 Å². The van der Waals surface area contributed by atoms with Crippen molar-refractivity contribution >= 4 is 15.7 Å². The quantitative estimate of drug-likeness (QED) is 0.636. The molecule has 1 fully saturated rings. The molecule has 0 unspecified atom stereocenters. The Labute approximate surface area is 178 Å². The van der Waals surface area contributed by atoms with Gasteiger partial charge in [0.15, 0.2) is 5.76 Å². The van der Waals surface area contributed by atoms with Crippen molar-refractivity contribution in [3.63, 3.8) is 0 Å². The number of ether oxygens (including phenoxy) is 1. The molecule has 2 heterocycles. The van der Waals surface area contributed by atoms with E-state index < -0.39 is 9.84 Å². The van der Waals surface area contributed by atoms with Crippen molar-refractivity contribution in [1.82, 2.24) is 9.80 Å². The summed E-state index contributed by atoms with van der Waals surface area (Å²) in [6.45, 7) is 7.47. The zero-order valence-corrected chi connectivity index (χ0v) is 18.7. The standard InChI is InChI=1S/C22H30N2O5S/c1-17(2)18-4-6-19(7-5-18)28-16-20-8-9-21(29-20)22(25)24-12-10-23(11-13-24)14-15-30(3,26)27/h4-9,17H,10-16H2,1-3H3. The summed E-state index contributed by atoms with van der Waals surface area (Å²) in [7, 11) is -2.97. The van der Waals surface area contributed by atoms with Crippen LogP contribution in [0.4, 0.5) is 0 Å². The fourth-order valence-corrected chi connectivity index (χ4v) is 3.89. The molecule has 0 atom stereocenters. The molecule has 164 valence electrons. The van der Waals surface area contributed by atoms with Crippen LogP contribution in [0.5, 0.6) is 5.75 Å². The molecular formula is C22H30N2O5S. The van der Waals surface area contributed by atoms with Crippen LogP contribution in [-0.4, -0.2) is 68.9 Å². The third kappa shape index (κ3) is 6.34. The van der Waals surface area contributed by atoms with Crippen LogP contribution in [0, 0.1) is 0 Å². The van der Waals surface area contributed by atoms with E-state index in [1.165, 1.54) is 11.8 Å². The lowest BCUT2D eigenvalue weighted by Crippen LogP contribution is -2.49. The average molecular weight is 435 g/mol. The predicted molar refractivity (Wildman–Crippen MR) is 116 cm³/mol. The minimum atomic E-state index is -2.97. The summed E-state index contributed by atoms with van der Waals surface area (Å²) < 4.78 is 34.1. The van der Waals surface area contributed by atoms with E-state index in [0.717, 1.165) is 5.75 Å². The first-order valence-corrected chi connectivity index (χ1v) is 12.3. The van der Waals surface area contributed by atoms with Gasteiger partial charge in [-0.3, -0.25) is 9.69 Å². The van der Waals surface area contributed by atoms with Crippen LogP contribution >= 0.6 is 0 Å². The fraction of sp³-hybridized carbons (Fsp3) is 0.500. The Balaban J connectivity index is 1.48. The number of furan rings is 1. The molecule has 1 aliphatic heterocycles. The number of piperazine rings is 1. The molecular weight excluding hydrogens is 404 g/mol. The molecule has 7 nitrogen and oxygen atoms in total. The minimum Gasteiger partial charge on any atom is -0.486 e. The van der Waals surface area contributed by atoms with E-state index in [0.29, 0.717) is 50.2 Å². The van der Waals surface area contributed by atoms with Gasteiger partial charge in [-0.1, -0.05) is 26.0 Å². The molecule has 1 amide bonds. The Kier molecular flexibility index (Phi) is 7.20. The van der Waals surface area contributed by atoms with Gasteiger partial charge < -0.3 is 14.1 Å². The zero-order valence-electron chi connectivity index (χ0n) is 17.8. The highest BCUT2D eigenvalue weighted by Crippen LogP contribution is 2.20. The summed E-state index contributed by atoms with van der Waals surface area (Å²) in [6, 6.07) is 11.4. The van der Waals surface area contributed by atoms with Crippen molar-refractivity contribution in [3.8, 4) is 5.75 Å². The lowest BCUT2D eigenvalue weighted by molar-refractivity contribution is 0.0609. The maximum atomic E-state index is 12.7. The van der Waals surface area contributed by atoms with Gasteiger partial charge in [-0.2, -0.15) is 0 Å². The lowest BCUT2D eigenvalue weighted by atomic mass is 10.0. The molecule has 0 radical (unpaired) electrons. The van der Waals surface area contributed by atoms with Crippen molar-refractivity contribution < 1.29 is 22.4 Å². The van der Waals surface area contributed by atoms with E-state index in [4.69, 9.17) is 9.15 Å². The first kappa shape index (κ1) is 22.4. The number of hydrogen-bond acceptors (Lipinski definition) is 6. The largest absolute Gasteiger partial charge is 0.486 e. The van der Waals surface area contributed by atoms with Gasteiger partial charge in [-0.05, 0) is 35.7 Å². The molecule has 0 N–H and O–H groups in total. The maximum Gasteiger partial charge on any atom is 0.289 e. The summed E-state index contributed by atoms with van der Waals surface area (Å²) in [4.78, 5) is 16.5. The summed E-state index contributed by atoms with van der Waals surface area (Å²) in [5, 5.41) is 0. The molecule has 0 bridgehead atoms. The minimum absolute atomic E-state index is 0.142. The van der Waals surface area contributed by atoms with Gasteiger partial charge >= 0.3 is 0 Å². The Morgan fingerprint density at radius 3 is 2.33 bits per heavy atom. The lowest BCUT2D eigenvalue weighted by Gasteiger charge is -2.34. The summed E-state index contributed by atoms with van der Waals surface area (Å²) in [6.07, 6.45) is 1.24. The molecule has 1 aromatic carbocycles. The van der Waals surface area contributed by atoms with Gasteiger partial charge in [0, 0.05) is 39.0 Å². The smallest absolute Gasteiger partial charge is 0.289 e. The maximum absolute atomic E-state index is 12.7. The zero-order chi connectivity index (χ0) is 21.7. The Hall–Kier alpha value is -2.32. The Morgan fingerprint density at radius 2 is 1.73 bits per heavy atom. The Bertz CT molecular complexity index is 942. The van der Waals surface area contributed by atoms with Gasteiger partial charge in [0.25, 0.3) is 5.91 Å². The first-order chi connectivity index (χ1) is 14.2. The molecule has 8 heteroatoms. The monoisotopic (exact) mass is 434 g/mol. The van der Waals surface area contributed by atoms with Crippen LogP contribution in [0.2, 0.25) is 0 Å². The van der Waals surface area contributed by atoms with E-state index in [1.54, 1.807) is 17.0 Å². The normalized spacial score (nSPS) is 15.5. The third-order valence-corrected chi connectivity index (χ3v) is 6.16. The highest BCUT2D eigenvalue weighted by Gasteiger charge is 2.24. The summed E-state index contributed by atoms with van der Waals surface area (Å²) >= 11 is 0. The molecule has 1 aromatic heterocycles. The molecule has 3 rings (SSSR count). The van der Waals surface area contributed by atoms with Crippen LogP contribution in [0.3, 0.4) is 0 Å². The second-order valence-corrected chi connectivity index (χ2v) is 10.3. The van der Waals surface area contributed by atoms with Gasteiger partial charge in [0.2, 0.25) is 0 Å². The SMILES string of the molecule is CC(C)c1ccc(OCc2ccc(C(=O)N3CCN(CCS(C)(=O)=O)CC3)o2)cc1. The van der Waals surface area contributed by atoms with Crippen LogP contribution in [-0.2, 0) is 16.4 Å². The highest BCUT2D eigenvalue weighted by molar-refractivity contribution is 7.90. The van der Waals surface area contributed by atoms with Crippen molar-refractivity contribution in [2.75, 3.05) is 44.7 Å². The number of sulfone groups is 1. The third-order valence-electron chi connectivity index (χ3n) is 5.24. The number of carbonyl (C=O) groups is 1. The molecule has 0 aliphatic carbocycles. The molecule has 30 heavy (non-hydrogen) atoms. The number of carbonyl (C=O) groups excluding carboxylic acids is 1. The van der Waals surface area contributed by atoms with Crippen LogP contribution in [0.15, 0.2) is 40.8 Å². The van der Waals surface area contributed by atoms with Crippen molar-refractivity contribution in [2.24, 2.45) is 0 Å². The highest BCUT2D eigenvalue weighted by atomic mass is 32.2. The molecule has 1 saturated heterocycles. The second-order valence-electron chi connectivity index (χ2n) is 8.04. The summed E-state index contributed by atoms with van der Waals surface area (Å²) in [5.74, 6) is 2.12. The van der Waals surface area contributed by atoms with Crippen LogP contribution in [0.25, 0.3) is 0 Å². The number of amides is 1. The molecule has 1 aliphatic rings. The van der Waals surface area contributed by atoms with E-state index in [9.17, 15) is 13.2 Å².